The molecule has 2 N–H and O–H groups in total. The number of ether oxygens (including phenoxy) is 2. The van der Waals surface area contributed by atoms with Crippen molar-refractivity contribution < 1.29 is 34.1 Å². The first-order valence-corrected chi connectivity index (χ1v) is 11.5. The van der Waals surface area contributed by atoms with E-state index in [1.165, 1.54) is 6.26 Å². The van der Waals surface area contributed by atoms with Crippen LogP contribution in [0.25, 0.3) is 0 Å². The van der Waals surface area contributed by atoms with Crippen LogP contribution in [-0.4, -0.2) is 64.6 Å². The summed E-state index contributed by atoms with van der Waals surface area (Å²) < 4.78 is 11.1. The Hall–Kier alpha value is -3.20. The molecule has 2 aliphatic heterocycles. The summed E-state index contributed by atoms with van der Waals surface area (Å²) in [5, 5.41) is 24.6. The molecule has 0 aromatic heterocycles. The first-order valence-electron chi connectivity index (χ1n) is 11.2. The Morgan fingerprint density at radius 1 is 1.21 bits per heavy atom. The highest BCUT2D eigenvalue weighted by Gasteiger charge is 2.26. The standard InChI is InChI=1S/C24H29ClN2O7/c1-15-12-16(2)34-24(31)22-18(23(25)20(29)14-19(22)28)13-17(6-3-4-10-32-15)26-33-11-9-27-8-5-7-21(27)30/h3-4,6,10,14-16,28-29H,5,7-9,11-13H2,1-2H3/b6-3+,10-4-,26-17+/t15-,16?/m0/s1. The average molecular weight is 493 g/mol. The Labute approximate surface area is 203 Å². The fourth-order valence-corrected chi connectivity index (χ4v) is 4.02. The number of aromatic hydroxyl groups is 2. The highest BCUT2D eigenvalue weighted by atomic mass is 35.5. The SMILES string of the molecule is CC1C[C@H](C)O\C=C/C=C/C(=N\OCCN2CCCC2=O)Cc2c(Cl)c(O)cc(O)c2C(=O)O1. The maximum absolute atomic E-state index is 12.9. The summed E-state index contributed by atoms with van der Waals surface area (Å²) >= 11 is 6.32. The van der Waals surface area contributed by atoms with Gasteiger partial charge >= 0.3 is 5.97 Å². The number of hydrogen-bond acceptors (Lipinski definition) is 8. The Bertz CT molecular complexity index is 1010. The van der Waals surface area contributed by atoms with Crippen molar-refractivity contribution in [1.29, 1.82) is 0 Å². The summed E-state index contributed by atoms with van der Waals surface area (Å²) in [5.74, 6) is -1.52. The van der Waals surface area contributed by atoms with Gasteiger partial charge in [0.25, 0.3) is 0 Å². The number of likely N-dealkylation sites (tertiary alicyclic amines) is 1. The van der Waals surface area contributed by atoms with Crippen LogP contribution in [0.1, 0.15) is 49.0 Å². The van der Waals surface area contributed by atoms with Crippen molar-refractivity contribution in [1.82, 2.24) is 4.90 Å². The summed E-state index contributed by atoms with van der Waals surface area (Å²) in [6.45, 7) is 4.86. The van der Waals surface area contributed by atoms with E-state index >= 15 is 0 Å². The minimum absolute atomic E-state index is 0.0378. The molecule has 34 heavy (non-hydrogen) atoms. The Morgan fingerprint density at radius 3 is 2.74 bits per heavy atom. The third-order valence-corrected chi connectivity index (χ3v) is 5.87. The molecule has 2 aliphatic rings. The second kappa shape index (κ2) is 11.8. The number of phenols is 2. The molecule has 3 rings (SSSR count). The zero-order chi connectivity index (χ0) is 24.7. The monoisotopic (exact) mass is 492 g/mol. The van der Waals surface area contributed by atoms with Crippen molar-refractivity contribution in [2.75, 3.05) is 19.7 Å². The van der Waals surface area contributed by atoms with Gasteiger partial charge in [0.1, 0.15) is 29.8 Å². The van der Waals surface area contributed by atoms with Gasteiger partial charge in [-0.3, -0.25) is 4.79 Å². The lowest BCUT2D eigenvalue weighted by Gasteiger charge is -2.20. The van der Waals surface area contributed by atoms with Gasteiger partial charge < -0.3 is 29.4 Å². The van der Waals surface area contributed by atoms with Crippen LogP contribution in [0.5, 0.6) is 11.5 Å². The minimum Gasteiger partial charge on any atom is -0.507 e. The van der Waals surface area contributed by atoms with Crippen LogP contribution in [0.2, 0.25) is 5.02 Å². The molecule has 10 heteroatoms. The number of cyclic esters (lactones) is 1. The lowest BCUT2D eigenvalue weighted by atomic mass is 9.99. The number of amides is 1. The highest BCUT2D eigenvalue weighted by molar-refractivity contribution is 6.33. The van der Waals surface area contributed by atoms with Crippen molar-refractivity contribution in [2.24, 2.45) is 5.16 Å². The molecule has 0 aliphatic carbocycles. The van der Waals surface area contributed by atoms with Gasteiger partial charge in [0.2, 0.25) is 5.91 Å². The van der Waals surface area contributed by atoms with Crippen LogP contribution in [0, 0.1) is 0 Å². The molecule has 0 bridgehead atoms. The quantitative estimate of drug-likeness (QED) is 0.373. The molecular weight excluding hydrogens is 464 g/mol. The van der Waals surface area contributed by atoms with E-state index in [1.54, 1.807) is 30.1 Å². The van der Waals surface area contributed by atoms with Crippen molar-refractivity contribution in [3.63, 3.8) is 0 Å². The van der Waals surface area contributed by atoms with Gasteiger partial charge in [-0.2, -0.15) is 0 Å². The molecule has 2 atom stereocenters. The minimum atomic E-state index is -0.779. The number of carbonyl (C=O) groups excluding carboxylic acids is 2. The number of oxime groups is 1. The van der Waals surface area contributed by atoms with Gasteiger partial charge in [-0.1, -0.05) is 22.8 Å². The lowest BCUT2D eigenvalue weighted by Crippen LogP contribution is -2.28. The van der Waals surface area contributed by atoms with E-state index in [1.807, 2.05) is 6.92 Å². The number of nitrogens with zero attached hydrogens (tertiary/aromatic N) is 2. The summed E-state index contributed by atoms with van der Waals surface area (Å²) in [5.41, 5.74) is 0.361. The van der Waals surface area contributed by atoms with Gasteiger partial charge in [0, 0.05) is 31.9 Å². The molecule has 184 valence electrons. The number of rotatable bonds is 4. The molecule has 1 fully saturated rings. The zero-order valence-electron chi connectivity index (χ0n) is 19.2. The fourth-order valence-electron chi connectivity index (χ4n) is 3.80. The van der Waals surface area contributed by atoms with Gasteiger partial charge in [-0.05, 0) is 38.0 Å². The van der Waals surface area contributed by atoms with E-state index in [0.29, 0.717) is 31.6 Å². The highest BCUT2D eigenvalue weighted by Crippen LogP contribution is 2.37. The van der Waals surface area contributed by atoms with Crippen molar-refractivity contribution in [3.8, 4) is 11.5 Å². The number of halogens is 1. The number of esters is 1. The van der Waals surface area contributed by atoms with Crippen LogP contribution >= 0.6 is 11.6 Å². The predicted octanol–water partition coefficient (Wildman–Crippen LogP) is 3.71. The molecule has 0 radical (unpaired) electrons. The van der Waals surface area contributed by atoms with Gasteiger partial charge in [-0.25, -0.2) is 4.79 Å². The Balaban J connectivity index is 1.90. The van der Waals surface area contributed by atoms with E-state index in [0.717, 1.165) is 12.5 Å². The predicted molar refractivity (Wildman–Crippen MR) is 126 cm³/mol. The van der Waals surface area contributed by atoms with Gasteiger partial charge in [0.05, 0.1) is 29.6 Å². The van der Waals surface area contributed by atoms with Crippen molar-refractivity contribution in [2.45, 2.75) is 51.7 Å². The topological polar surface area (TPSA) is 118 Å². The molecule has 1 aromatic carbocycles. The van der Waals surface area contributed by atoms with Crippen LogP contribution in [0.15, 0.2) is 35.7 Å². The normalized spacial score (nSPS) is 24.7. The molecule has 0 spiro atoms. The molecule has 1 unspecified atom stereocenters. The number of fused-ring (bicyclic) bond motifs is 1. The summed E-state index contributed by atoms with van der Waals surface area (Å²) in [4.78, 5) is 31.8. The Kier molecular flexibility index (Phi) is 8.81. The Morgan fingerprint density at radius 2 is 2.00 bits per heavy atom. The zero-order valence-corrected chi connectivity index (χ0v) is 20.0. The molecule has 2 heterocycles. The molecule has 9 nitrogen and oxygen atoms in total. The second-order valence-electron chi connectivity index (χ2n) is 8.25. The number of allylic oxidation sites excluding steroid dienone is 3. The third kappa shape index (κ3) is 6.66. The van der Waals surface area contributed by atoms with Gasteiger partial charge in [0.15, 0.2) is 0 Å². The smallest absolute Gasteiger partial charge is 0.342 e. The van der Waals surface area contributed by atoms with E-state index in [9.17, 15) is 19.8 Å². The van der Waals surface area contributed by atoms with E-state index < -0.39 is 17.8 Å². The average Bonchev–Trinajstić information content (AvgIpc) is 3.17. The third-order valence-electron chi connectivity index (χ3n) is 5.45. The largest absolute Gasteiger partial charge is 0.507 e. The number of benzene rings is 1. The number of phenolic OH excluding ortho intramolecular Hbond substituents is 2. The van der Waals surface area contributed by atoms with E-state index in [-0.39, 0.29) is 46.9 Å². The summed E-state index contributed by atoms with van der Waals surface area (Å²) in [7, 11) is 0. The summed E-state index contributed by atoms with van der Waals surface area (Å²) in [6.07, 6.45) is 7.56. The molecule has 1 saturated heterocycles. The van der Waals surface area contributed by atoms with Gasteiger partial charge in [-0.15, -0.1) is 0 Å². The fraction of sp³-hybridized carbons (Fsp3) is 0.458. The maximum Gasteiger partial charge on any atom is 0.342 e. The summed E-state index contributed by atoms with van der Waals surface area (Å²) in [6, 6.07) is 1.00. The van der Waals surface area contributed by atoms with Crippen LogP contribution in [-0.2, 0) is 25.5 Å². The second-order valence-corrected chi connectivity index (χ2v) is 8.62. The van der Waals surface area contributed by atoms with E-state index in [4.69, 9.17) is 25.9 Å². The first-order chi connectivity index (χ1) is 16.3. The molecule has 1 aromatic rings. The molecular formula is C24H29ClN2O7. The van der Waals surface area contributed by atoms with Crippen LogP contribution in [0.4, 0.5) is 0 Å². The maximum atomic E-state index is 12.9. The van der Waals surface area contributed by atoms with Crippen LogP contribution in [0.3, 0.4) is 0 Å². The molecule has 1 amide bonds. The lowest BCUT2D eigenvalue weighted by molar-refractivity contribution is -0.128. The number of carbonyl (C=O) groups is 2. The first kappa shape index (κ1) is 25.4. The number of hydrogen-bond donors (Lipinski definition) is 2. The van der Waals surface area contributed by atoms with Crippen molar-refractivity contribution >= 4 is 29.2 Å². The van der Waals surface area contributed by atoms with Crippen LogP contribution < -0.4 is 0 Å². The molecule has 0 saturated carbocycles. The van der Waals surface area contributed by atoms with E-state index in [2.05, 4.69) is 5.16 Å². The van der Waals surface area contributed by atoms with Crippen molar-refractivity contribution in [3.05, 3.63) is 46.7 Å².